The maximum Gasteiger partial charge on any atom is 0.246 e. The number of aromatic hydroxyl groups is 1. The van der Waals surface area contributed by atoms with Gasteiger partial charge in [-0.1, -0.05) is 48.5 Å². The van der Waals surface area contributed by atoms with Crippen LogP contribution >= 0.6 is 0 Å². The maximum absolute atomic E-state index is 12.5. The van der Waals surface area contributed by atoms with Crippen molar-refractivity contribution in [2.45, 2.75) is 5.75 Å². The van der Waals surface area contributed by atoms with Crippen LogP contribution in [-0.2, 0) is 15.8 Å². The van der Waals surface area contributed by atoms with Gasteiger partial charge in [0.25, 0.3) is 0 Å². The molecule has 0 bridgehead atoms. The summed E-state index contributed by atoms with van der Waals surface area (Å²) < 4.78 is 26.0. The largest absolute Gasteiger partial charge is 0.494 e. The maximum atomic E-state index is 12.5. The van der Waals surface area contributed by atoms with Crippen LogP contribution in [0, 0.1) is 0 Å². The highest BCUT2D eigenvalue weighted by molar-refractivity contribution is 7.89. The lowest BCUT2D eigenvalue weighted by atomic mass is 10.2. The van der Waals surface area contributed by atoms with E-state index in [9.17, 15) is 13.5 Å². The van der Waals surface area contributed by atoms with E-state index in [1.807, 2.05) is 6.07 Å². The summed E-state index contributed by atoms with van der Waals surface area (Å²) in [7, 11) is -3.66. The van der Waals surface area contributed by atoms with Crippen LogP contribution in [0.15, 0.2) is 60.7 Å². The van der Waals surface area contributed by atoms with Crippen molar-refractivity contribution in [2.24, 2.45) is 0 Å². The lowest BCUT2D eigenvalue weighted by Crippen LogP contribution is -2.14. The van der Waals surface area contributed by atoms with Crippen molar-refractivity contribution in [1.82, 2.24) is 3.97 Å². The van der Waals surface area contributed by atoms with Crippen LogP contribution in [-0.4, -0.2) is 17.5 Å². The van der Waals surface area contributed by atoms with E-state index in [0.717, 1.165) is 3.97 Å². The highest BCUT2D eigenvalue weighted by Gasteiger charge is 2.20. The van der Waals surface area contributed by atoms with Crippen LogP contribution < -0.4 is 0 Å². The number of rotatable bonds is 3. The molecule has 0 unspecified atom stereocenters. The molecule has 20 heavy (non-hydrogen) atoms. The summed E-state index contributed by atoms with van der Waals surface area (Å²) in [6, 6.07) is 17.4. The number of fused-ring (bicyclic) bond motifs is 1. The van der Waals surface area contributed by atoms with Crippen LogP contribution in [0.4, 0.5) is 0 Å². The van der Waals surface area contributed by atoms with Crippen molar-refractivity contribution in [3.8, 4) is 5.88 Å². The lowest BCUT2D eigenvalue weighted by molar-refractivity contribution is 0.447. The summed E-state index contributed by atoms with van der Waals surface area (Å²) in [4.78, 5) is 0. The third kappa shape index (κ3) is 2.16. The third-order valence-corrected chi connectivity index (χ3v) is 4.76. The van der Waals surface area contributed by atoms with Crippen molar-refractivity contribution in [3.05, 3.63) is 66.2 Å². The van der Waals surface area contributed by atoms with E-state index < -0.39 is 10.0 Å². The highest BCUT2D eigenvalue weighted by Crippen LogP contribution is 2.27. The summed E-state index contributed by atoms with van der Waals surface area (Å²) in [5, 5.41) is 10.6. The number of hydrogen-bond donors (Lipinski definition) is 1. The minimum absolute atomic E-state index is 0.153. The third-order valence-electron chi connectivity index (χ3n) is 3.12. The lowest BCUT2D eigenvalue weighted by Gasteiger charge is -2.08. The van der Waals surface area contributed by atoms with Crippen LogP contribution in [0.25, 0.3) is 10.9 Å². The van der Waals surface area contributed by atoms with Gasteiger partial charge in [0.1, 0.15) is 0 Å². The zero-order valence-corrected chi connectivity index (χ0v) is 11.4. The predicted octanol–water partition coefficient (Wildman–Crippen LogP) is 2.73. The van der Waals surface area contributed by atoms with Gasteiger partial charge in [0, 0.05) is 11.5 Å². The van der Waals surface area contributed by atoms with Gasteiger partial charge in [-0.25, -0.2) is 12.4 Å². The van der Waals surface area contributed by atoms with Gasteiger partial charge in [-0.05, 0) is 11.6 Å². The van der Waals surface area contributed by atoms with Crippen molar-refractivity contribution in [1.29, 1.82) is 0 Å². The van der Waals surface area contributed by atoms with E-state index >= 15 is 0 Å². The number of para-hydroxylation sites is 1. The first-order valence-corrected chi connectivity index (χ1v) is 7.75. The summed E-state index contributed by atoms with van der Waals surface area (Å²) in [6.45, 7) is 0. The molecule has 0 atom stereocenters. The van der Waals surface area contributed by atoms with Gasteiger partial charge < -0.3 is 5.11 Å². The molecule has 2 aromatic carbocycles. The van der Waals surface area contributed by atoms with Gasteiger partial charge in [0.05, 0.1) is 11.3 Å². The topological polar surface area (TPSA) is 59.3 Å². The zero-order chi connectivity index (χ0) is 14.2. The van der Waals surface area contributed by atoms with Gasteiger partial charge in [0.2, 0.25) is 15.9 Å². The quantitative estimate of drug-likeness (QED) is 0.805. The zero-order valence-electron chi connectivity index (χ0n) is 10.6. The number of nitrogens with zero attached hydrogens (tertiary/aromatic N) is 1. The van der Waals surface area contributed by atoms with Crippen LogP contribution in [0.5, 0.6) is 5.88 Å². The average Bonchev–Trinajstić information content (AvgIpc) is 2.75. The summed E-state index contributed by atoms with van der Waals surface area (Å²) in [5.74, 6) is -0.415. The Bertz CT molecular complexity index is 851. The second-order valence-corrected chi connectivity index (χ2v) is 6.39. The molecule has 5 heteroatoms. The molecule has 0 radical (unpaired) electrons. The molecule has 0 saturated carbocycles. The molecule has 0 amide bonds. The van der Waals surface area contributed by atoms with E-state index in [-0.39, 0.29) is 11.6 Å². The first kappa shape index (κ1) is 12.7. The number of benzene rings is 2. The van der Waals surface area contributed by atoms with E-state index in [1.165, 1.54) is 6.07 Å². The monoisotopic (exact) mass is 287 g/mol. The molecule has 0 aliphatic heterocycles. The highest BCUT2D eigenvalue weighted by atomic mass is 32.2. The second-order valence-electron chi connectivity index (χ2n) is 4.57. The van der Waals surface area contributed by atoms with Crippen LogP contribution in [0.1, 0.15) is 5.56 Å². The van der Waals surface area contributed by atoms with E-state index in [2.05, 4.69) is 0 Å². The van der Waals surface area contributed by atoms with Crippen molar-refractivity contribution in [3.63, 3.8) is 0 Å². The predicted molar refractivity (Wildman–Crippen MR) is 78.1 cm³/mol. The average molecular weight is 287 g/mol. The molecular formula is C15H13NO3S. The molecular weight excluding hydrogens is 274 g/mol. The smallest absolute Gasteiger partial charge is 0.246 e. The minimum Gasteiger partial charge on any atom is -0.494 e. The van der Waals surface area contributed by atoms with Gasteiger partial charge in [0.15, 0.2) is 0 Å². The number of hydrogen-bond acceptors (Lipinski definition) is 3. The molecule has 0 saturated heterocycles. The Morgan fingerprint density at radius 3 is 2.35 bits per heavy atom. The molecule has 4 nitrogen and oxygen atoms in total. The molecule has 102 valence electrons. The van der Waals surface area contributed by atoms with Crippen molar-refractivity contribution < 1.29 is 13.5 Å². The second kappa shape index (κ2) is 4.68. The molecule has 0 fully saturated rings. The van der Waals surface area contributed by atoms with Gasteiger partial charge in [-0.15, -0.1) is 0 Å². The Kier molecular flexibility index (Phi) is 2.99. The summed E-state index contributed by atoms with van der Waals surface area (Å²) in [6.07, 6.45) is 0. The molecule has 0 spiro atoms. The fourth-order valence-electron chi connectivity index (χ4n) is 2.26. The van der Waals surface area contributed by atoms with E-state index in [4.69, 9.17) is 0 Å². The van der Waals surface area contributed by atoms with Gasteiger partial charge in [-0.3, -0.25) is 0 Å². The molecule has 0 aliphatic carbocycles. The fourth-order valence-corrected chi connectivity index (χ4v) is 3.80. The molecule has 3 aromatic rings. The first-order valence-electron chi connectivity index (χ1n) is 6.14. The normalized spacial score (nSPS) is 11.8. The van der Waals surface area contributed by atoms with E-state index in [1.54, 1.807) is 48.5 Å². The van der Waals surface area contributed by atoms with E-state index in [0.29, 0.717) is 16.5 Å². The molecule has 3 rings (SSSR count). The Morgan fingerprint density at radius 1 is 0.950 bits per heavy atom. The number of aromatic nitrogens is 1. The fraction of sp³-hybridized carbons (Fsp3) is 0.0667. The Balaban J connectivity index is 2.12. The Labute approximate surface area is 117 Å². The molecule has 1 aromatic heterocycles. The SMILES string of the molecule is O=S(=O)(Cc1ccccc1)n1c(O)cc2ccccc21. The summed E-state index contributed by atoms with van der Waals surface area (Å²) >= 11 is 0. The Morgan fingerprint density at radius 2 is 1.60 bits per heavy atom. The molecule has 1 N–H and O–H groups in total. The van der Waals surface area contributed by atoms with Crippen molar-refractivity contribution in [2.75, 3.05) is 0 Å². The van der Waals surface area contributed by atoms with Crippen LogP contribution in [0.3, 0.4) is 0 Å². The molecule has 1 heterocycles. The van der Waals surface area contributed by atoms with Crippen LogP contribution in [0.2, 0.25) is 0 Å². The summed E-state index contributed by atoms with van der Waals surface area (Å²) in [5.41, 5.74) is 1.17. The Hall–Kier alpha value is -2.27. The van der Waals surface area contributed by atoms with Gasteiger partial charge in [-0.2, -0.15) is 0 Å². The first-order chi connectivity index (χ1) is 9.58. The molecule has 0 aliphatic rings. The van der Waals surface area contributed by atoms with Gasteiger partial charge >= 0.3 is 0 Å². The standard InChI is InChI=1S/C15H13NO3S/c17-15-10-13-8-4-5-9-14(13)16(15)20(18,19)11-12-6-2-1-3-7-12/h1-10,17H,11H2. The van der Waals surface area contributed by atoms with Crippen molar-refractivity contribution >= 4 is 20.9 Å². The minimum atomic E-state index is -3.66.